The van der Waals surface area contributed by atoms with Crippen molar-refractivity contribution in [1.82, 2.24) is 4.90 Å². The molecule has 0 bridgehead atoms. The second-order valence-electron chi connectivity index (χ2n) is 6.43. The van der Waals surface area contributed by atoms with E-state index in [-0.39, 0.29) is 11.9 Å². The van der Waals surface area contributed by atoms with Crippen molar-refractivity contribution in [2.24, 2.45) is 0 Å². The average Bonchev–Trinajstić information content (AvgIpc) is 2.44. The lowest BCUT2D eigenvalue weighted by atomic mass is 9.94. The Kier molecular flexibility index (Phi) is 7.38. The average molecular weight is 337 g/mol. The summed E-state index contributed by atoms with van der Waals surface area (Å²) in [6.45, 7) is 9.36. The molecule has 1 aliphatic rings. The van der Waals surface area contributed by atoms with Crippen molar-refractivity contribution in [3.05, 3.63) is 35.9 Å². The van der Waals surface area contributed by atoms with E-state index in [1.807, 2.05) is 37.3 Å². The molecule has 1 aromatic carbocycles. The zero-order valence-corrected chi connectivity index (χ0v) is 15.0. The summed E-state index contributed by atoms with van der Waals surface area (Å²) in [5.41, 5.74) is 0.372. The number of aliphatic hydroxyl groups is 1. The molecule has 6 nitrogen and oxygen atoms in total. The van der Waals surface area contributed by atoms with Crippen LogP contribution in [0.2, 0.25) is 0 Å². The summed E-state index contributed by atoms with van der Waals surface area (Å²) >= 11 is 0. The standard InChI is InChI=1S/C14H17NO3.C4H10O2/c1-14(2,3)18-13(17)15-11(9-12(15)16)10-7-5-4-6-8-10;1-3-6-4(2)5/h4-8,11H,9H2,1-3H3;4-5H,3H2,1-2H3/t11-;/m1./s1. The molecule has 1 fully saturated rings. The van der Waals surface area contributed by atoms with Gasteiger partial charge < -0.3 is 14.6 Å². The second-order valence-corrected chi connectivity index (χ2v) is 6.43. The van der Waals surface area contributed by atoms with Crippen molar-refractivity contribution >= 4 is 12.0 Å². The van der Waals surface area contributed by atoms with Crippen LogP contribution in [0.15, 0.2) is 30.3 Å². The summed E-state index contributed by atoms with van der Waals surface area (Å²) in [6.07, 6.45) is -0.800. The van der Waals surface area contributed by atoms with E-state index in [1.54, 1.807) is 27.7 Å². The molecule has 1 heterocycles. The van der Waals surface area contributed by atoms with Crippen LogP contribution >= 0.6 is 0 Å². The van der Waals surface area contributed by atoms with Gasteiger partial charge in [0, 0.05) is 6.61 Å². The molecule has 1 aromatic rings. The Labute approximate surface area is 143 Å². The first-order valence-corrected chi connectivity index (χ1v) is 8.05. The van der Waals surface area contributed by atoms with Crippen LogP contribution in [0.3, 0.4) is 0 Å². The number of hydrogen-bond donors (Lipinski definition) is 1. The normalized spacial score (nSPS) is 18.2. The number of rotatable bonds is 3. The Bertz CT molecular complexity index is 536. The Morgan fingerprint density at radius 1 is 1.33 bits per heavy atom. The van der Waals surface area contributed by atoms with Gasteiger partial charge in [-0.2, -0.15) is 0 Å². The van der Waals surface area contributed by atoms with Gasteiger partial charge in [-0.3, -0.25) is 4.79 Å². The van der Waals surface area contributed by atoms with Crippen molar-refractivity contribution in [2.45, 2.75) is 59.0 Å². The number of amides is 2. The number of ether oxygens (including phenoxy) is 2. The Morgan fingerprint density at radius 2 is 1.92 bits per heavy atom. The monoisotopic (exact) mass is 337 g/mol. The molecule has 0 radical (unpaired) electrons. The van der Waals surface area contributed by atoms with Gasteiger partial charge in [0.05, 0.1) is 12.5 Å². The molecule has 2 amide bonds. The van der Waals surface area contributed by atoms with E-state index in [0.29, 0.717) is 13.0 Å². The summed E-state index contributed by atoms with van der Waals surface area (Å²) in [4.78, 5) is 24.7. The number of β-lactam (4-membered cyclic amide) rings is 1. The quantitative estimate of drug-likeness (QED) is 0.677. The van der Waals surface area contributed by atoms with Crippen LogP contribution in [0, 0.1) is 0 Å². The molecule has 6 heteroatoms. The van der Waals surface area contributed by atoms with Gasteiger partial charge in [0.1, 0.15) is 5.60 Å². The zero-order chi connectivity index (χ0) is 18.3. The molecule has 0 aromatic heterocycles. The van der Waals surface area contributed by atoms with Crippen LogP contribution < -0.4 is 0 Å². The Hall–Kier alpha value is -1.92. The van der Waals surface area contributed by atoms with Crippen molar-refractivity contribution in [2.75, 3.05) is 6.61 Å². The molecule has 1 unspecified atom stereocenters. The topological polar surface area (TPSA) is 76.1 Å². The number of carbonyl (C=O) groups excluding carboxylic acids is 2. The summed E-state index contributed by atoms with van der Waals surface area (Å²) in [6, 6.07) is 9.33. The molecule has 0 aliphatic carbocycles. The molecule has 1 aliphatic heterocycles. The maximum atomic E-state index is 11.9. The number of hydrogen-bond acceptors (Lipinski definition) is 5. The maximum absolute atomic E-state index is 11.9. The highest BCUT2D eigenvalue weighted by atomic mass is 16.6. The van der Waals surface area contributed by atoms with Gasteiger partial charge in [0.2, 0.25) is 5.91 Å². The fourth-order valence-electron chi connectivity index (χ4n) is 2.14. The van der Waals surface area contributed by atoms with E-state index in [4.69, 9.17) is 9.84 Å². The van der Waals surface area contributed by atoms with Crippen molar-refractivity contribution < 1.29 is 24.2 Å². The third-order valence-electron chi connectivity index (χ3n) is 3.13. The molecular weight excluding hydrogens is 310 g/mol. The van der Waals surface area contributed by atoms with Crippen LogP contribution in [-0.4, -0.2) is 40.5 Å². The summed E-state index contributed by atoms with van der Waals surface area (Å²) in [5, 5.41) is 8.33. The number of benzene rings is 1. The fraction of sp³-hybridized carbons (Fsp3) is 0.556. The largest absolute Gasteiger partial charge is 0.443 e. The highest BCUT2D eigenvalue weighted by Crippen LogP contribution is 2.35. The number of carbonyl (C=O) groups is 2. The van der Waals surface area contributed by atoms with E-state index in [0.717, 1.165) is 5.56 Å². The highest BCUT2D eigenvalue weighted by molar-refractivity contribution is 5.98. The minimum absolute atomic E-state index is 0.182. The lowest BCUT2D eigenvalue weighted by molar-refractivity contribution is -0.144. The smallest absolute Gasteiger partial charge is 0.417 e. The van der Waals surface area contributed by atoms with Crippen molar-refractivity contribution in [3.8, 4) is 0 Å². The number of aliphatic hydroxyl groups excluding tert-OH is 1. The minimum Gasteiger partial charge on any atom is -0.443 e. The number of imide groups is 1. The van der Waals surface area contributed by atoms with Crippen molar-refractivity contribution in [3.63, 3.8) is 0 Å². The van der Waals surface area contributed by atoms with Gasteiger partial charge >= 0.3 is 6.09 Å². The predicted octanol–water partition coefficient (Wildman–Crippen LogP) is 3.26. The molecule has 134 valence electrons. The number of likely N-dealkylation sites (tertiary alicyclic amines) is 1. The molecule has 2 rings (SSSR count). The number of nitrogens with zero attached hydrogens (tertiary/aromatic N) is 1. The maximum Gasteiger partial charge on any atom is 0.417 e. The van der Waals surface area contributed by atoms with Crippen molar-refractivity contribution in [1.29, 1.82) is 0 Å². The second kappa shape index (κ2) is 8.80. The van der Waals surface area contributed by atoms with Crippen LogP contribution in [-0.2, 0) is 14.3 Å². The van der Waals surface area contributed by atoms with Gasteiger partial charge in [-0.25, -0.2) is 9.69 Å². The minimum atomic E-state index is -0.602. The molecule has 2 atom stereocenters. The van der Waals surface area contributed by atoms with Crippen LogP contribution in [0.1, 0.15) is 52.6 Å². The van der Waals surface area contributed by atoms with Gasteiger partial charge in [-0.05, 0) is 40.2 Å². The van der Waals surface area contributed by atoms with Gasteiger partial charge in [0.25, 0.3) is 0 Å². The van der Waals surface area contributed by atoms with Gasteiger partial charge in [-0.15, -0.1) is 0 Å². The van der Waals surface area contributed by atoms with Gasteiger partial charge in [-0.1, -0.05) is 30.3 Å². The summed E-state index contributed by atoms with van der Waals surface area (Å²) in [7, 11) is 0. The van der Waals surface area contributed by atoms with Gasteiger partial charge in [0.15, 0.2) is 6.29 Å². The lowest BCUT2D eigenvalue weighted by Gasteiger charge is -2.39. The Morgan fingerprint density at radius 3 is 2.29 bits per heavy atom. The predicted molar refractivity (Wildman–Crippen MR) is 90.2 cm³/mol. The summed E-state index contributed by atoms with van der Waals surface area (Å²) < 4.78 is 9.83. The lowest BCUT2D eigenvalue weighted by Crippen LogP contribution is -2.51. The Balaban J connectivity index is 0.000000413. The molecule has 1 N–H and O–H groups in total. The zero-order valence-electron chi connectivity index (χ0n) is 15.0. The first kappa shape index (κ1) is 20.1. The fourth-order valence-corrected chi connectivity index (χ4v) is 2.14. The molecule has 0 spiro atoms. The molecule has 0 saturated carbocycles. The molecule has 24 heavy (non-hydrogen) atoms. The van der Waals surface area contributed by atoms with E-state index in [1.165, 1.54) is 4.90 Å². The van der Waals surface area contributed by atoms with E-state index in [9.17, 15) is 9.59 Å². The first-order chi connectivity index (χ1) is 11.2. The van der Waals surface area contributed by atoms with E-state index in [2.05, 4.69) is 4.74 Å². The first-order valence-electron chi connectivity index (χ1n) is 8.05. The third kappa shape index (κ3) is 6.29. The molecule has 1 saturated heterocycles. The molecular formula is C18H27NO5. The SMILES string of the molecule is CC(C)(C)OC(=O)N1C(=O)C[C@@H]1c1ccccc1.CCOC(C)O. The van der Waals surface area contributed by atoms with E-state index < -0.39 is 18.0 Å². The summed E-state index contributed by atoms with van der Waals surface area (Å²) in [5.74, 6) is -0.182. The van der Waals surface area contributed by atoms with Crippen LogP contribution in [0.4, 0.5) is 4.79 Å². The van der Waals surface area contributed by atoms with E-state index >= 15 is 0 Å². The highest BCUT2D eigenvalue weighted by Gasteiger charge is 2.43. The van der Waals surface area contributed by atoms with Crippen LogP contribution in [0.25, 0.3) is 0 Å². The van der Waals surface area contributed by atoms with Crippen LogP contribution in [0.5, 0.6) is 0 Å². The third-order valence-corrected chi connectivity index (χ3v) is 3.13.